The number of nitro benzene ring substituents is 1. The van der Waals surface area contributed by atoms with Crippen LogP contribution in [0.5, 0.6) is 5.75 Å². The normalized spacial score (nSPS) is 13.2. The summed E-state index contributed by atoms with van der Waals surface area (Å²) in [6.07, 6.45) is 0. The molecule has 1 aliphatic rings. The van der Waals surface area contributed by atoms with Crippen molar-refractivity contribution in [3.8, 4) is 5.75 Å². The summed E-state index contributed by atoms with van der Waals surface area (Å²) >= 11 is 0. The second-order valence-corrected chi connectivity index (χ2v) is 4.60. The number of hydrogen-bond donors (Lipinski definition) is 0. The second kappa shape index (κ2) is 4.96. The van der Waals surface area contributed by atoms with E-state index >= 15 is 0 Å². The van der Waals surface area contributed by atoms with Crippen molar-refractivity contribution in [2.45, 2.75) is 0 Å². The highest BCUT2D eigenvalue weighted by Gasteiger charge is 2.38. The summed E-state index contributed by atoms with van der Waals surface area (Å²) in [6.45, 7) is 0. The van der Waals surface area contributed by atoms with Crippen LogP contribution in [-0.4, -0.2) is 23.8 Å². The van der Waals surface area contributed by atoms with E-state index in [9.17, 15) is 19.7 Å². The number of carbonyl (C=O) groups excluding carboxylic acids is 2. The molecule has 3 rings (SSSR count). The fourth-order valence-electron chi connectivity index (χ4n) is 2.37. The predicted octanol–water partition coefficient (Wildman–Crippen LogP) is 2.40. The van der Waals surface area contributed by atoms with Crippen molar-refractivity contribution >= 4 is 23.2 Å². The molecule has 2 aromatic rings. The summed E-state index contributed by atoms with van der Waals surface area (Å²) in [5.74, 6) is -0.848. The van der Waals surface area contributed by atoms with E-state index in [1.807, 2.05) is 0 Å². The molecule has 0 atom stereocenters. The first kappa shape index (κ1) is 13.7. The van der Waals surface area contributed by atoms with Gasteiger partial charge in [0.2, 0.25) is 0 Å². The Morgan fingerprint density at radius 2 is 1.64 bits per heavy atom. The highest BCUT2D eigenvalue weighted by molar-refractivity contribution is 6.34. The average molecular weight is 298 g/mol. The summed E-state index contributed by atoms with van der Waals surface area (Å²) in [7, 11) is 1.36. The number of carbonyl (C=O) groups is 2. The largest absolute Gasteiger partial charge is 0.495 e. The molecule has 2 amide bonds. The monoisotopic (exact) mass is 298 g/mol. The Bertz CT molecular complexity index is 780. The van der Waals surface area contributed by atoms with Crippen molar-refractivity contribution in [2.24, 2.45) is 0 Å². The number of rotatable bonds is 3. The fourth-order valence-corrected chi connectivity index (χ4v) is 2.37. The van der Waals surface area contributed by atoms with E-state index in [-0.39, 0.29) is 28.3 Å². The Labute approximate surface area is 124 Å². The average Bonchev–Trinajstić information content (AvgIpc) is 2.78. The fraction of sp³-hybridized carbons (Fsp3) is 0.0667. The van der Waals surface area contributed by atoms with Gasteiger partial charge in [-0.2, -0.15) is 0 Å². The lowest BCUT2D eigenvalue weighted by Crippen LogP contribution is -2.29. The minimum absolute atomic E-state index is 0.0582. The van der Waals surface area contributed by atoms with Crippen LogP contribution in [0.4, 0.5) is 11.4 Å². The van der Waals surface area contributed by atoms with Crippen LogP contribution in [0.2, 0.25) is 0 Å². The van der Waals surface area contributed by atoms with Gasteiger partial charge >= 0.3 is 0 Å². The standard InChI is InChI=1S/C15H10N2O5/c1-22-13-7-6-9(17(20)21)8-12(13)16-14(18)10-4-2-3-5-11(10)15(16)19/h2-8H,1H3. The molecule has 1 heterocycles. The smallest absolute Gasteiger partial charge is 0.271 e. The number of hydrogen-bond acceptors (Lipinski definition) is 5. The van der Waals surface area contributed by atoms with Gasteiger partial charge in [-0.25, -0.2) is 4.90 Å². The topological polar surface area (TPSA) is 89.8 Å². The van der Waals surface area contributed by atoms with Crippen molar-refractivity contribution in [3.63, 3.8) is 0 Å². The van der Waals surface area contributed by atoms with Crippen LogP contribution in [0.1, 0.15) is 20.7 Å². The zero-order valence-electron chi connectivity index (χ0n) is 11.5. The first-order valence-corrected chi connectivity index (χ1v) is 6.35. The maximum absolute atomic E-state index is 12.4. The number of nitrogens with zero attached hydrogens (tertiary/aromatic N) is 2. The number of benzene rings is 2. The van der Waals surface area contributed by atoms with Gasteiger partial charge < -0.3 is 4.74 Å². The molecule has 0 aliphatic carbocycles. The van der Waals surface area contributed by atoms with Crippen molar-refractivity contribution in [2.75, 3.05) is 12.0 Å². The Hall–Kier alpha value is -3.22. The first-order valence-electron chi connectivity index (χ1n) is 6.35. The minimum Gasteiger partial charge on any atom is -0.495 e. The molecule has 0 radical (unpaired) electrons. The molecule has 0 spiro atoms. The third-order valence-electron chi connectivity index (χ3n) is 3.41. The number of nitro groups is 1. The van der Waals surface area contributed by atoms with E-state index in [0.29, 0.717) is 0 Å². The van der Waals surface area contributed by atoms with E-state index in [0.717, 1.165) is 11.0 Å². The van der Waals surface area contributed by atoms with Crippen molar-refractivity contribution in [1.82, 2.24) is 0 Å². The van der Waals surface area contributed by atoms with Crippen molar-refractivity contribution in [3.05, 3.63) is 63.7 Å². The Morgan fingerprint density at radius 3 is 2.14 bits per heavy atom. The molecule has 7 heteroatoms. The van der Waals surface area contributed by atoms with Gasteiger partial charge in [0.25, 0.3) is 17.5 Å². The molecule has 0 N–H and O–H groups in total. The quantitative estimate of drug-likeness (QED) is 0.493. The summed E-state index contributed by atoms with van der Waals surface area (Å²) in [6, 6.07) is 10.1. The number of methoxy groups -OCH3 is 1. The predicted molar refractivity (Wildman–Crippen MR) is 77.2 cm³/mol. The van der Waals surface area contributed by atoms with Crippen LogP contribution in [0, 0.1) is 10.1 Å². The molecule has 0 bridgehead atoms. The molecular weight excluding hydrogens is 288 g/mol. The lowest BCUT2D eigenvalue weighted by Gasteiger charge is -2.16. The van der Waals surface area contributed by atoms with Gasteiger partial charge in [-0.05, 0) is 18.2 Å². The molecule has 2 aromatic carbocycles. The van der Waals surface area contributed by atoms with E-state index in [1.54, 1.807) is 24.3 Å². The zero-order chi connectivity index (χ0) is 15.9. The maximum atomic E-state index is 12.4. The first-order chi connectivity index (χ1) is 10.5. The second-order valence-electron chi connectivity index (χ2n) is 4.60. The molecular formula is C15H10N2O5. The van der Waals surface area contributed by atoms with E-state index < -0.39 is 16.7 Å². The third-order valence-corrected chi connectivity index (χ3v) is 3.41. The molecule has 22 heavy (non-hydrogen) atoms. The van der Waals surface area contributed by atoms with E-state index in [1.165, 1.54) is 19.2 Å². The third kappa shape index (κ3) is 1.91. The lowest BCUT2D eigenvalue weighted by molar-refractivity contribution is -0.384. The Morgan fingerprint density at radius 1 is 1.05 bits per heavy atom. The van der Waals surface area contributed by atoms with Crippen LogP contribution in [0.25, 0.3) is 0 Å². The summed E-state index contributed by atoms with van der Waals surface area (Å²) in [5, 5.41) is 10.9. The van der Waals surface area contributed by atoms with Gasteiger partial charge in [0.1, 0.15) is 11.4 Å². The number of amides is 2. The van der Waals surface area contributed by atoms with Gasteiger partial charge in [0.15, 0.2) is 0 Å². The van der Waals surface area contributed by atoms with Gasteiger partial charge in [0, 0.05) is 12.1 Å². The number of fused-ring (bicyclic) bond motifs is 1. The van der Waals surface area contributed by atoms with E-state index in [4.69, 9.17) is 4.74 Å². The maximum Gasteiger partial charge on any atom is 0.271 e. The Kier molecular flexibility index (Phi) is 3.10. The number of imide groups is 1. The molecule has 110 valence electrons. The van der Waals surface area contributed by atoms with Gasteiger partial charge in [-0.1, -0.05) is 12.1 Å². The van der Waals surface area contributed by atoms with Crippen LogP contribution in [-0.2, 0) is 0 Å². The molecule has 0 saturated heterocycles. The molecule has 7 nitrogen and oxygen atoms in total. The molecule has 0 aromatic heterocycles. The van der Waals surface area contributed by atoms with Gasteiger partial charge in [0.05, 0.1) is 23.2 Å². The van der Waals surface area contributed by atoms with Crippen LogP contribution in [0.15, 0.2) is 42.5 Å². The molecule has 0 saturated carbocycles. The minimum atomic E-state index is -0.596. The molecule has 1 aliphatic heterocycles. The number of non-ortho nitro benzene ring substituents is 1. The Balaban J connectivity index is 2.16. The zero-order valence-corrected chi connectivity index (χ0v) is 11.5. The highest BCUT2D eigenvalue weighted by atomic mass is 16.6. The molecule has 0 unspecified atom stereocenters. The van der Waals surface area contributed by atoms with E-state index in [2.05, 4.69) is 0 Å². The number of anilines is 1. The SMILES string of the molecule is COc1ccc([N+](=O)[O-])cc1N1C(=O)c2ccccc2C1=O. The molecule has 0 fully saturated rings. The van der Waals surface area contributed by atoms with Crippen molar-refractivity contribution in [1.29, 1.82) is 0 Å². The number of ether oxygens (including phenoxy) is 1. The van der Waals surface area contributed by atoms with Crippen molar-refractivity contribution < 1.29 is 19.2 Å². The lowest BCUT2D eigenvalue weighted by atomic mass is 10.1. The highest BCUT2D eigenvalue weighted by Crippen LogP contribution is 2.37. The summed E-state index contributed by atoms with van der Waals surface area (Å²) in [5.41, 5.74) is 0.359. The summed E-state index contributed by atoms with van der Waals surface area (Å²) < 4.78 is 5.12. The van der Waals surface area contributed by atoms with Gasteiger partial charge in [-0.3, -0.25) is 19.7 Å². The van der Waals surface area contributed by atoms with Crippen LogP contribution >= 0.6 is 0 Å². The van der Waals surface area contributed by atoms with Crippen LogP contribution < -0.4 is 9.64 Å². The van der Waals surface area contributed by atoms with Gasteiger partial charge in [-0.15, -0.1) is 0 Å². The van der Waals surface area contributed by atoms with Crippen LogP contribution in [0.3, 0.4) is 0 Å². The summed E-state index contributed by atoms with van der Waals surface area (Å²) in [4.78, 5) is 36.1.